The van der Waals surface area contributed by atoms with E-state index in [0.717, 1.165) is 24.2 Å². The highest BCUT2D eigenvalue weighted by atomic mass is 19.3. The first kappa shape index (κ1) is 23.2. The van der Waals surface area contributed by atoms with E-state index in [1.807, 2.05) is 18.2 Å². The lowest BCUT2D eigenvalue weighted by atomic mass is 10.1. The van der Waals surface area contributed by atoms with Gasteiger partial charge in [-0.3, -0.25) is 4.79 Å². The number of hydrogen-bond donors (Lipinski definition) is 1. The first-order chi connectivity index (χ1) is 16.2. The molecule has 7 nitrogen and oxygen atoms in total. The van der Waals surface area contributed by atoms with Crippen molar-refractivity contribution in [3.8, 4) is 5.75 Å². The molecule has 4 rings (SSSR count). The maximum absolute atomic E-state index is 14.4. The number of anilines is 4. The topological polar surface area (TPSA) is 70.6 Å². The number of fused-ring (bicyclic) bond motifs is 1. The number of halogens is 2. The van der Waals surface area contributed by atoms with Crippen LogP contribution < -0.4 is 15.0 Å². The second-order valence-corrected chi connectivity index (χ2v) is 8.09. The fourth-order valence-corrected chi connectivity index (χ4v) is 3.83. The van der Waals surface area contributed by atoms with E-state index in [1.165, 1.54) is 6.08 Å². The third kappa shape index (κ3) is 4.68. The van der Waals surface area contributed by atoms with Crippen molar-refractivity contribution in [2.24, 2.45) is 0 Å². The Balaban J connectivity index is 1.67. The van der Waals surface area contributed by atoms with Gasteiger partial charge in [-0.1, -0.05) is 18.7 Å². The van der Waals surface area contributed by atoms with Crippen LogP contribution in [0.3, 0.4) is 0 Å². The molecule has 1 N–H and O–H groups in total. The molecule has 0 fully saturated rings. The first-order valence-electron chi connectivity index (χ1n) is 10.6. The maximum Gasteiger partial charge on any atom is 0.275 e. The number of alkyl halides is 2. The van der Waals surface area contributed by atoms with Crippen LogP contribution >= 0.6 is 0 Å². The molecule has 0 saturated carbocycles. The van der Waals surface area contributed by atoms with Crippen molar-refractivity contribution in [3.63, 3.8) is 0 Å². The smallest absolute Gasteiger partial charge is 0.275 e. The Morgan fingerprint density at radius 3 is 2.71 bits per heavy atom. The number of methoxy groups -OCH3 is 1. The second-order valence-electron chi connectivity index (χ2n) is 8.09. The lowest BCUT2D eigenvalue weighted by molar-refractivity contribution is -0.126. The van der Waals surface area contributed by atoms with Gasteiger partial charge in [0.05, 0.1) is 12.7 Å². The van der Waals surface area contributed by atoms with Crippen molar-refractivity contribution >= 4 is 29.0 Å². The van der Waals surface area contributed by atoms with Crippen molar-refractivity contribution in [2.75, 3.05) is 24.4 Å². The highest BCUT2D eigenvalue weighted by molar-refractivity contribution is 5.87. The fourth-order valence-electron chi connectivity index (χ4n) is 3.83. The Hall–Kier alpha value is -4.01. The predicted molar refractivity (Wildman–Crippen MR) is 127 cm³/mol. The van der Waals surface area contributed by atoms with Crippen LogP contribution in [0.15, 0.2) is 61.3 Å². The summed E-state index contributed by atoms with van der Waals surface area (Å²) in [4.78, 5) is 23.8. The summed E-state index contributed by atoms with van der Waals surface area (Å²) in [6.45, 7) is 5.28. The molecule has 1 aromatic heterocycles. The number of nitrogens with one attached hydrogen (secondary N) is 1. The van der Waals surface area contributed by atoms with Crippen LogP contribution in [0.1, 0.15) is 23.6 Å². The van der Waals surface area contributed by atoms with Crippen molar-refractivity contribution < 1.29 is 18.3 Å². The van der Waals surface area contributed by atoms with E-state index in [2.05, 4.69) is 21.9 Å². The van der Waals surface area contributed by atoms with Gasteiger partial charge in [0.25, 0.3) is 5.92 Å². The average molecular weight is 466 g/mol. The number of ether oxygens (including phenoxy) is 1. The van der Waals surface area contributed by atoms with Crippen LogP contribution in [0.4, 0.5) is 31.9 Å². The average Bonchev–Trinajstić information content (AvgIpc) is 3.26. The molecule has 0 radical (unpaired) electrons. The molecular formula is C25H25F2N5O2. The Bertz CT molecular complexity index is 1240. The monoisotopic (exact) mass is 465 g/mol. The number of rotatable bonds is 7. The normalized spacial score (nSPS) is 12.8. The molecule has 0 spiro atoms. The van der Waals surface area contributed by atoms with E-state index in [1.54, 1.807) is 48.2 Å². The van der Waals surface area contributed by atoms with Gasteiger partial charge in [-0.15, -0.1) is 0 Å². The molecule has 0 bridgehead atoms. The Kier molecular flexibility index (Phi) is 6.19. The summed E-state index contributed by atoms with van der Waals surface area (Å²) in [6, 6.07) is 12.8. The van der Waals surface area contributed by atoms with Crippen LogP contribution in [0.2, 0.25) is 0 Å². The van der Waals surface area contributed by atoms with E-state index >= 15 is 0 Å². The molecule has 2 heterocycles. The molecule has 2 aromatic carbocycles. The summed E-state index contributed by atoms with van der Waals surface area (Å²) < 4.78 is 34.1. The van der Waals surface area contributed by atoms with E-state index in [-0.39, 0.29) is 23.2 Å². The molecule has 34 heavy (non-hydrogen) atoms. The number of nitrogens with zero attached hydrogens (tertiary/aromatic N) is 4. The van der Waals surface area contributed by atoms with Gasteiger partial charge in [0, 0.05) is 50.7 Å². The Morgan fingerprint density at radius 1 is 1.24 bits per heavy atom. The zero-order chi connectivity index (χ0) is 24.5. The number of carbonyl (C=O) groups is 1. The number of carbonyl (C=O) groups excluding carboxylic acids is 1. The summed E-state index contributed by atoms with van der Waals surface area (Å²) in [7, 11) is 3.24. The number of amides is 1. The lowest BCUT2D eigenvalue weighted by Gasteiger charge is -2.24. The van der Waals surface area contributed by atoms with Crippen LogP contribution in [0.5, 0.6) is 5.75 Å². The van der Waals surface area contributed by atoms with Crippen molar-refractivity contribution in [1.29, 1.82) is 0 Å². The summed E-state index contributed by atoms with van der Waals surface area (Å²) in [5, 5.41) is 3.04. The summed E-state index contributed by atoms with van der Waals surface area (Å²) in [5.74, 6) is -2.41. The third-order valence-corrected chi connectivity index (χ3v) is 5.67. The van der Waals surface area contributed by atoms with Crippen LogP contribution in [0.25, 0.3) is 0 Å². The molecule has 3 aromatic rings. The Morgan fingerprint density at radius 2 is 2.00 bits per heavy atom. The van der Waals surface area contributed by atoms with E-state index in [9.17, 15) is 13.6 Å². The highest BCUT2D eigenvalue weighted by Gasteiger charge is 2.32. The lowest BCUT2D eigenvalue weighted by Crippen LogP contribution is -2.22. The minimum atomic E-state index is -3.15. The standard InChI is InChI=1S/C25H25F2N5O2/c1-5-22(33)32-14-16-9-10-19(11-17(16)15-32)31(3)23-21(25(2,26)27)13-28-24(30-23)29-18-7-6-8-20(12-18)34-4/h5-13H,1,14-15H2,2-4H3,(H,28,29,30). The molecule has 0 unspecified atom stereocenters. The highest BCUT2D eigenvalue weighted by Crippen LogP contribution is 2.37. The number of aromatic nitrogens is 2. The molecule has 0 atom stereocenters. The minimum Gasteiger partial charge on any atom is -0.497 e. The molecule has 176 valence electrons. The van der Waals surface area contributed by atoms with E-state index in [0.29, 0.717) is 30.2 Å². The number of benzene rings is 2. The summed E-state index contributed by atoms with van der Waals surface area (Å²) in [6.07, 6.45) is 2.42. The molecule has 1 amide bonds. The van der Waals surface area contributed by atoms with Gasteiger partial charge < -0.3 is 19.9 Å². The van der Waals surface area contributed by atoms with Gasteiger partial charge in [0.15, 0.2) is 0 Å². The predicted octanol–water partition coefficient (Wildman–Crippen LogP) is 5.14. The molecule has 0 aliphatic carbocycles. The third-order valence-electron chi connectivity index (χ3n) is 5.67. The first-order valence-corrected chi connectivity index (χ1v) is 10.6. The van der Waals surface area contributed by atoms with Crippen LogP contribution in [-0.4, -0.2) is 34.9 Å². The van der Waals surface area contributed by atoms with Crippen LogP contribution in [0, 0.1) is 0 Å². The molecule has 1 aliphatic rings. The van der Waals surface area contributed by atoms with Crippen molar-refractivity contribution in [3.05, 3.63) is 78.0 Å². The number of hydrogen-bond acceptors (Lipinski definition) is 6. The summed E-state index contributed by atoms with van der Waals surface area (Å²) in [5.41, 5.74) is 3.00. The van der Waals surface area contributed by atoms with Gasteiger partial charge >= 0.3 is 0 Å². The quantitative estimate of drug-likeness (QED) is 0.488. The molecule has 9 heteroatoms. The van der Waals surface area contributed by atoms with E-state index < -0.39 is 5.92 Å². The largest absolute Gasteiger partial charge is 0.497 e. The van der Waals surface area contributed by atoms with Gasteiger partial charge in [-0.25, -0.2) is 13.8 Å². The van der Waals surface area contributed by atoms with Gasteiger partial charge in [0.1, 0.15) is 11.6 Å². The van der Waals surface area contributed by atoms with Crippen molar-refractivity contribution in [1.82, 2.24) is 14.9 Å². The molecular weight excluding hydrogens is 440 g/mol. The SMILES string of the molecule is C=CC(=O)N1Cc2ccc(N(C)c3nc(Nc4cccc(OC)c4)ncc3C(C)(F)F)cc2C1. The molecule has 0 saturated heterocycles. The van der Waals surface area contributed by atoms with Gasteiger partial charge in [-0.05, 0) is 41.5 Å². The zero-order valence-electron chi connectivity index (χ0n) is 19.2. The summed E-state index contributed by atoms with van der Waals surface area (Å²) >= 11 is 0. The fraction of sp³-hybridized carbons (Fsp3) is 0.240. The minimum absolute atomic E-state index is 0.0740. The molecule has 1 aliphatic heterocycles. The van der Waals surface area contributed by atoms with Gasteiger partial charge in [0.2, 0.25) is 11.9 Å². The van der Waals surface area contributed by atoms with Crippen LogP contribution in [-0.2, 0) is 23.8 Å². The second kappa shape index (κ2) is 9.09. The van der Waals surface area contributed by atoms with Crippen molar-refractivity contribution in [2.45, 2.75) is 25.9 Å². The maximum atomic E-state index is 14.4. The zero-order valence-corrected chi connectivity index (χ0v) is 19.2. The Labute approximate surface area is 196 Å². The van der Waals surface area contributed by atoms with Gasteiger partial charge in [-0.2, -0.15) is 4.98 Å². The van der Waals surface area contributed by atoms with E-state index in [4.69, 9.17) is 4.74 Å².